The third kappa shape index (κ3) is 7.87. The number of thiol groups is 1. The summed E-state index contributed by atoms with van der Waals surface area (Å²) < 4.78 is 27.7. The number of aromatic nitrogens is 2. The van der Waals surface area contributed by atoms with E-state index < -0.39 is 6.61 Å². The normalized spacial score (nSPS) is 10.1. The number of carbonyl (C=O) groups excluding carboxylic acids is 1. The highest BCUT2D eigenvalue weighted by Gasteiger charge is 2.04. The zero-order valence-electron chi connectivity index (χ0n) is 16.0. The lowest BCUT2D eigenvalue weighted by molar-refractivity contribution is -0.113. The lowest BCUT2D eigenvalue weighted by atomic mass is 10.2. The molecule has 0 aliphatic carbocycles. The van der Waals surface area contributed by atoms with E-state index in [-0.39, 0.29) is 17.4 Å². The minimum absolute atomic E-state index is 0.0499. The van der Waals surface area contributed by atoms with E-state index >= 15 is 0 Å². The van der Waals surface area contributed by atoms with Crippen molar-refractivity contribution >= 4 is 24.2 Å². The average molecular weight is 417 g/mol. The van der Waals surface area contributed by atoms with Crippen molar-refractivity contribution < 1.29 is 18.3 Å². The number of halogens is 2. The monoisotopic (exact) mass is 417 g/mol. The first-order valence-electron chi connectivity index (χ1n) is 8.70. The molecule has 3 aromatic rings. The molecule has 0 unspecified atom stereocenters. The van der Waals surface area contributed by atoms with Crippen molar-refractivity contribution in [2.75, 3.05) is 11.1 Å². The minimum Gasteiger partial charge on any atom is -0.435 e. The van der Waals surface area contributed by atoms with Crippen molar-refractivity contribution in [2.24, 2.45) is 0 Å². The van der Waals surface area contributed by atoms with Gasteiger partial charge in [0.2, 0.25) is 5.91 Å². The Hall–Kier alpha value is -3.00. The molecule has 1 heterocycles. The van der Waals surface area contributed by atoms with E-state index in [1.54, 1.807) is 0 Å². The molecular formula is C21H21F2N3O2S. The summed E-state index contributed by atoms with van der Waals surface area (Å²) in [6, 6.07) is 17.6. The number of amides is 1. The molecule has 0 spiro atoms. The molecule has 3 rings (SSSR count). The predicted octanol–water partition coefficient (Wildman–Crippen LogP) is 4.92. The van der Waals surface area contributed by atoms with Gasteiger partial charge in [0.15, 0.2) is 5.82 Å². The number of carbonyl (C=O) groups is 1. The van der Waals surface area contributed by atoms with E-state index in [0.29, 0.717) is 5.69 Å². The fourth-order valence-corrected chi connectivity index (χ4v) is 2.44. The zero-order chi connectivity index (χ0) is 21.2. The Labute approximate surface area is 173 Å². The number of alkyl halides is 2. The number of hydrogen-bond acceptors (Lipinski definition) is 5. The summed E-state index contributed by atoms with van der Waals surface area (Å²) in [5, 5.41) is 2.51. The van der Waals surface area contributed by atoms with Crippen LogP contribution < -0.4 is 10.1 Å². The van der Waals surface area contributed by atoms with Gasteiger partial charge >= 0.3 is 6.61 Å². The molecule has 0 saturated heterocycles. The number of benzene rings is 2. The van der Waals surface area contributed by atoms with E-state index in [0.717, 1.165) is 22.8 Å². The SMILES string of the molecule is Cc1cc(C)nc(-c2ccccc2)n1.O=C(CS)Nc1ccc(OC(F)F)cc1. The Bertz CT molecular complexity index is 903. The molecule has 1 amide bonds. The van der Waals surface area contributed by atoms with Crippen LogP contribution in [0.1, 0.15) is 11.4 Å². The summed E-state index contributed by atoms with van der Waals surface area (Å²) in [6.45, 7) is 1.13. The van der Waals surface area contributed by atoms with Crippen LogP contribution in [-0.4, -0.2) is 28.2 Å². The van der Waals surface area contributed by atoms with E-state index in [2.05, 4.69) is 32.7 Å². The molecular weight excluding hydrogens is 396 g/mol. The van der Waals surface area contributed by atoms with E-state index in [1.165, 1.54) is 24.3 Å². The minimum atomic E-state index is -2.84. The number of ether oxygens (including phenoxy) is 1. The van der Waals surface area contributed by atoms with Crippen LogP contribution in [0.2, 0.25) is 0 Å². The maximum Gasteiger partial charge on any atom is 0.387 e. The number of rotatable bonds is 5. The van der Waals surface area contributed by atoms with Gasteiger partial charge < -0.3 is 10.1 Å². The van der Waals surface area contributed by atoms with Gasteiger partial charge in [-0.15, -0.1) is 0 Å². The lowest BCUT2D eigenvalue weighted by Crippen LogP contribution is -2.12. The molecule has 5 nitrogen and oxygen atoms in total. The molecule has 8 heteroatoms. The van der Waals surface area contributed by atoms with Crippen molar-refractivity contribution in [1.29, 1.82) is 0 Å². The van der Waals surface area contributed by atoms with Gasteiger partial charge in [-0.1, -0.05) is 30.3 Å². The van der Waals surface area contributed by atoms with Gasteiger partial charge in [0.05, 0.1) is 5.75 Å². The molecule has 0 fully saturated rings. The van der Waals surface area contributed by atoms with Crippen LogP contribution >= 0.6 is 12.6 Å². The van der Waals surface area contributed by atoms with E-state index in [9.17, 15) is 13.6 Å². The summed E-state index contributed by atoms with van der Waals surface area (Å²) in [7, 11) is 0. The first-order chi connectivity index (χ1) is 13.9. The van der Waals surface area contributed by atoms with Gasteiger partial charge in [-0.2, -0.15) is 21.4 Å². The first kappa shape index (κ1) is 22.3. The molecule has 1 N–H and O–H groups in total. The van der Waals surface area contributed by atoms with Crippen molar-refractivity contribution in [2.45, 2.75) is 20.5 Å². The maximum atomic E-state index is 11.8. The van der Waals surface area contributed by atoms with Crippen LogP contribution in [0.4, 0.5) is 14.5 Å². The summed E-state index contributed by atoms with van der Waals surface area (Å²) in [6.07, 6.45) is 0. The van der Waals surface area contributed by atoms with E-state index in [4.69, 9.17) is 0 Å². The Morgan fingerprint density at radius 2 is 1.62 bits per heavy atom. The Morgan fingerprint density at radius 1 is 1.03 bits per heavy atom. The molecule has 2 aromatic carbocycles. The second-order valence-electron chi connectivity index (χ2n) is 5.95. The van der Waals surface area contributed by atoms with Crippen molar-refractivity contribution in [3.05, 3.63) is 72.1 Å². The Balaban J connectivity index is 0.000000207. The highest BCUT2D eigenvalue weighted by atomic mass is 32.1. The molecule has 0 bridgehead atoms. The molecule has 1 aromatic heterocycles. The van der Waals surface area contributed by atoms with Crippen molar-refractivity contribution in [3.63, 3.8) is 0 Å². The van der Waals surface area contributed by atoms with Gasteiger partial charge in [0.25, 0.3) is 0 Å². The van der Waals surface area contributed by atoms with Crippen molar-refractivity contribution in [1.82, 2.24) is 9.97 Å². The largest absolute Gasteiger partial charge is 0.435 e. The second kappa shape index (κ2) is 11.1. The van der Waals surface area contributed by atoms with Crippen LogP contribution in [0.15, 0.2) is 60.7 Å². The molecule has 0 atom stereocenters. The second-order valence-corrected chi connectivity index (χ2v) is 6.27. The number of aryl methyl sites for hydroxylation is 2. The zero-order valence-corrected chi connectivity index (χ0v) is 16.9. The molecule has 29 heavy (non-hydrogen) atoms. The molecule has 0 aliphatic rings. The van der Waals surface area contributed by atoms with Gasteiger partial charge in [-0.3, -0.25) is 4.79 Å². The van der Waals surface area contributed by atoms with Crippen LogP contribution in [0.3, 0.4) is 0 Å². The smallest absolute Gasteiger partial charge is 0.387 e. The summed E-state index contributed by atoms with van der Waals surface area (Å²) in [5.74, 6) is 0.660. The predicted molar refractivity (Wildman–Crippen MR) is 112 cm³/mol. The highest BCUT2D eigenvalue weighted by molar-refractivity contribution is 7.81. The summed E-state index contributed by atoms with van der Waals surface area (Å²) >= 11 is 3.78. The van der Waals surface area contributed by atoms with Gasteiger partial charge in [-0.05, 0) is 44.2 Å². The molecule has 0 radical (unpaired) electrons. The van der Waals surface area contributed by atoms with Crippen molar-refractivity contribution in [3.8, 4) is 17.1 Å². The third-order valence-corrected chi connectivity index (χ3v) is 3.81. The van der Waals surface area contributed by atoms with E-state index in [1.807, 2.05) is 50.2 Å². The van der Waals surface area contributed by atoms with Crippen LogP contribution in [0.5, 0.6) is 5.75 Å². The number of nitrogens with one attached hydrogen (secondary N) is 1. The number of nitrogens with zero attached hydrogens (tertiary/aromatic N) is 2. The van der Waals surface area contributed by atoms with Crippen LogP contribution in [-0.2, 0) is 4.79 Å². The van der Waals surface area contributed by atoms with Gasteiger partial charge in [-0.25, -0.2) is 9.97 Å². The standard InChI is InChI=1S/C12H12N2.C9H9F2NO2S/c1-9-8-10(2)14-12(13-9)11-6-4-3-5-7-11;10-9(11)14-7-3-1-6(2-4-7)12-8(13)5-15/h3-8H,1-2H3;1-4,9,15H,5H2,(H,12,13). The van der Waals surface area contributed by atoms with Crippen LogP contribution in [0, 0.1) is 13.8 Å². The topological polar surface area (TPSA) is 64.1 Å². The fourth-order valence-electron chi connectivity index (χ4n) is 2.36. The number of anilines is 1. The lowest BCUT2D eigenvalue weighted by Gasteiger charge is -2.06. The summed E-state index contributed by atoms with van der Waals surface area (Å²) in [5.41, 5.74) is 3.60. The Morgan fingerprint density at radius 3 is 2.14 bits per heavy atom. The summed E-state index contributed by atoms with van der Waals surface area (Å²) in [4.78, 5) is 19.7. The number of hydrogen-bond donors (Lipinski definition) is 2. The molecule has 0 aliphatic heterocycles. The Kier molecular flexibility index (Phi) is 8.54. The molecule has 0 saturated carbocycles. The fraction of sp³-hybridized carbons (Fsp3) is 0.190. The quantitative estimate of drug-likeness (QED) is 0.579. The molecule has 152 valence electrons. The third-order valence-electron chi connectivity index (χ3n) is 3.52. The van der Waals surface area contributed by atoms with Crippen LogP contribution in [0.25, 0.3) is 11.4 Å². The van der Waals surface area contributed by atoms with Gasteiger partial charge in [0, 0.05) is 22.6 Å². The first-order valence-corrected chi connectivity index (χ1v) is 9.34. The highest BCUT2D eigenvalue weighted by Crippen LogP contribution is 2.17. The average Bonchev–Trinajstić information content (AvgIpc) is 2.69. The van der Waals surface area contributed by atoms with Gasteiger partial charge in [0.1, 0.15) is 5.75 Å². The maximum absolute atomic E-state index is 11.8.